The number of hydrogen-bond acceptors (Lipinski definition) is 2. The number of amides is 1. The maximum absolute atomic E-state index is 13.1. The monoisotopic (exact) mass is 273 g/mol. The summed E-state index contributed by atoms with van der Waals surface area (Å²) in [7, 11) is 0. The van der Waals surface area contributed by atoms with Gasteiger partial charge in [0.1, 0.15) is 5.82 Å². The minimum absolute atomic E-state index is 0.130. The van der Waals surface area contributed by atoms with E-state index < -0.39 is 17.7 Å². The highest BCUT2D eigenvalue weighted by atomic mass is 19.1. The van der Waals surface area contributed by atoms with Gasteiger partial charge >= 0.3 is 5.97 Å². The van der Waals surface area contributed by atoms with E-state index in [-0.39, 0.29) is 11.1 Å². The van der Waals surface area contributed by atoms with Crippen LogP contribution in [0.1, 0.15) is 26.3 Å². The second-order valence-corrected chi connectivity index (χ2v) is 4.30. The first-order valence-corrected chi connectivity index (χ1v) is 5.88. The van der Waals surface area contributed by atoms with Crippen LogP contribution in [0.2, 0.25) is 0 Å². The standard InChI is InChI=1S/C15H12FNO3/c1-9-2-5-11(16)8-13(9)14(18)17-12-6-3-10(4-7-12)15(19)20/h2-8H,1H3,(H,17,18)(H,19,20). The van der Waals surface area contributed by atoms with Gasteiger partial charge in [-0.3, -0.25) is 4.79 Å². The van der Waals surface area contributed by atoms with Gasteiger partial charge < -0.3 is 10.4 Å². The first kappa shape index (κ1) is 13.7. The Balaban J connectivity index is 2.19. The van der Waals surface area contributed by atoms with E-state index in [4.69, 9.17) is 5.11 Å². The van der Waals surface area contributed by atoms with Crippen LogP contribution < -0.4 is 5.32 Å². The topological polar surface area (TPSA) is 66.4 Å². The second-order valence-electron chi connectivity index (χ2n) is 4.30. The minimum Gasteiger partial charge on any atom is -0.478 e. The van der Waals surface area contributed by atoms with Crippen molar-refractivity contribution in [2.24, 2.45) is 0 Å². The third kappa shape index (κ3) is 3.00. The number of carbonyl (C=O) groups excluding carboxylic acids is 1. The number of rotatable bonds is 3. The van der Waals surface area contributed by atoms with Crippen molar-refractivity contribution >= 4 is 17.6 Å². The lowest BCUT2D eigenvalue weighted by Gasteiger charge is -2.08. The van der Waals surface area contributed by atoms with Gasteiger partial charge in [-0.1, -0.05) is 6.07 Å². The first-order valence-electron chi connectivity index (χ1n) is 5.88. The van der Waals surface area contributed by atoms with Gasteiger partial charge in [-0.2, -0.15) is 0 Å². The highest BCUT2D eigenvalue weighted by Gasteiger charge is 2.11. The quantitative estimate of drug-likeness (QED) is 0.903. The molecule has 0 saturated carbocycles. The summed E-state index contributed by atoms with van der Waals surface area (Å²) in [6.07, 6.45) is 0. The lowest BCUT2D eigenvalue weighted by molar-refractivity contribution is 0.0696. The molecule has 0 aliphatic heterocycles. The number of aromatic carboxylic acids is 1. The fourth-order valence-electron chi connectivity index (χ4n) is 1.73. The zero-order chi connectivity index (χ0) is 14.7. The van der Waals surface area contributed by atoms with Crippen LogP contribution in [0, 0.1) is 12.7 Å². The molecule has 20 heavy (non-hydrogen) atoms. The van der Waals surface area contributed by atoms with E-state index in [0.29, 0.717) is 11.3 Å². The van der Waals surface area contributed by atoms with Crippen LogP contribution in [0.5, 0.6) is 0 Å². The molecule has 5 heteroatoms. The summed E-state index contributed by atoms with van der Waals surface area (Å²) < 4.78 is 13.1. The van der Waals surface area contributed by atoms with Crippen LogP contribution in [-0.4, -0.2) is 17.0 Å². The van der Waals surface area contributed by atoms with E-state index in [1.807, 2.05) is 0 Å². The zero-order valence-corrected chi connectivity index (χ0v) is 10.7. The molecule has 0 spiro atoms. The van der Waals surface area contributed by atoms with E-state index in [9.17, 15) is 14.0 Å². The van der Waals surface area contributed by atoms with Crippen LogP contribution in [0.15, 0.2) is 42.5 Å². The Bertz CT molecular complexity index is 665. The van der Waals surface area contributed by atoms with Gasteiger partial charge in [-0.25, -0.2) is 9.18 Å². The molecule has 0 bridgehead atoms. The summed E-state index contributed by atoms with van der Waals surface area (Å²) in [4.78, 5) is 22.7. The SMILES string of the molecule is Cc1ccc(F)cc1C(=O)Nc1ccc(C(=O)O)cc1. The van der Waals surface area contributed by atoms with Gasteiger partial charge in [-0.15, -0.1) is 0 Å². The van der Waals surface area contributed by atoms with Crippen LogP contribution in [0.4, 0.5) is 10.1 Å². The number of benzene rings is 2. The number of halogens is 1. The van der Waals surface area contributed by atoms with Crippen molar-refractivity contribution in [3.63, 3.8) is 0 Å². The molecule has 4 nitrogen and oxygen atoms in total. The van der Waals surface area contributed by atoms with Crippen molar-refractivity contribution in [2.75, 3.05) is 5.32 Å². The molecule has 102 valence electrons. The molecule has 0 aliphatic rings. The molecule has 0 unspecified atom stereocenters. The molecule has 0 aliphatic carbocycles. The molecule has 2 rings (SSSR count). The number of hydrogen-bond donors (Lipinski definition) is 2. The van der Waals surface area contributed by atoms with Gasteiger partial charge in [-0.05, 0) is 48.9 Å². The molecular weight excluding hydrogens is 261 g/mol. The molecule has 0 saturated heterocycles. The predicted molar refractivity (Wildman–Crippen MR) is 72.5 cm³/mol. The van der Waals surface area contributed by atoms with Crippen LogP contribution in [-0.2, 0) is 0 Å². The number of aryl methyl sites for hydroxylation is 1. The Hall–Kier alpha value is -2.69. The Labute approximate surface area is 114 Å². The fraction of sp³-hybridized carbons (Fsp3) is 0.0667. The van der Waals surface area contributed by atoms with Gasteiger partial charge in [0.2, 0.25) is 0 Å². The van der Waals surface area contributed by atoms with E-state index >= 15 is 0 Å². The van der Waals surface area contributed by atoms with Gasteiger partial charge in [0, 0.05) is 11.3 Å². The Morgan fingerprint density at radius 1 is 1.10 bits per heavy atom. The summed E-state index contributed by atoms with van der Waals surface area (Å²) in [6.45, 7) is 1.71. The third-order valence-corrected chi connectivity index (χ3v) is 2.83. The molecule has 2 aromatic rings. The normalized spacial score (nSPS) is 10.1. The number of carboxylic acids is 1. The second kappa shape index (κ2) is 5.52. The summed E-state index contributed by atoms with van der Waals surface area (Å²) in [6, 6.07) is 9.71. The van der Waals surface area contributed by atoms with E-state index in [0.717, 1.165) is 6.07 Å². The largest absolute Gasteiger partial charge is 0.478 e. The molecule has 0 radical (unpaired) electrons. The van der Waals surface area contributed by atoms with E-state index in [1.165, 1.54) is 36.4 Å². The lowest BCUT2D eigenvalue weighted by atomic mass is 10.1. The number of anilines is 1. The summed E-state index contributed by atoms with van der Waals surface area (Å²) in [5.41, 5.74) is 1.48. The highest BCUT2D eigenvalue weighted by Crippen LogP contribution is 2.14. The number of carboxylic acid groups (broad SMARTS) is 1. The van der Waals surface area contributed by atoms with Crippen molar-refractivity contribution in [3.05, 3.63) is 65.0 Å². The molecular formula is C15H12FNO3. The molecule has 2 aromatic carbocycles. The van der Waals surface area contributed by atoms with Crippen molar-refractivity contribution < 1.29 is 19.1 Å². The van der Waals surface area contributed by atoms with Crippen LogP contribution >= 0.6 is 0 Å². The summed E-state index contributed by atoms with van der Waals surface area (Å²) in [5, 5.41) is 11.4. The Morgan fingerprint density at radius 2 is 1.75 bits per heavy atom. The van der Waals surface area contributed by atoms with Crippen molar-refractivity contribution in [3.8, 4) is 0 Å². The first-order chi connectivity index (χ1) is 9.47. The van der Waals surface area contributed by atoms with Crippen molar-refractivity contribution in [2.45, 2.75) is 6.92 Å². The summed E-state index contributed by atoms with van der Waals surface area (Å²) in [5.74, 6) is -1.96. The summed E-state index contributed by atoms with van der Waals surface area (Å²) >= 11 is 0. The molecule has 0 aromatic heterocycles. The maximum Gasteiger partial charge on any atom is 0.335 e. The molecule has 1 amide bonds. The Morgan fingerprint density at radius 3 is 2.35 bits per heavy atom. The zero-order valence-electron chi connectivity index (χ0n) is 10.7. The van der Waals surface area contributed by atoms with E-state index in [2.05, 4.69) is 5.32 Å². The average molecular weight is 273 g/mol. The third-order valence-electron chi connectivity index (χ3n) is 2.83. The number of carbonyl (C=O) groups is 2. The predicted octanol–water partition coefficient (Wildman–Crippen LogP) is 3.08. The van der Waals surface area contributed by atoms with Gasteiger partial charge in [0.15, 0.2) is 0 Å². The molecule has 0 atom stereocenters. The maximum atomic E-state index is 13.1. The van der Waals surface area contributed by atoms with Crippen molar-refractivity contribution in [1.82, 2.24) is 0 Å². The van der Waals surface area contributed by atoms with Crippen LogP contribution in [0.25, 0.3) is 0 Å². The fourth-order valence-corrected chi connectivity index (χ4v) is 1.73. The molecule has 0 heterocycles. The minimum atomic E-state index is -1.04. The molecule has 2 N–H and O–H groups in total. The smallest absolute Gasteiger partial charge is 0.335 e. The molecule has 0 fully saturated rings. The van der Waals surface area contributed by atoms with Crippen molar-refractivity contribution in [1.29, 1.82) is 0 Å². The lowest BCUT2D eigenvalue weighted by Crippen LogP contribution is -2.13. The number of nitrogens with one attached hydrogen (secondary N) is 1. The van der Waals surface area contributed by atoms with Gasteiger partial charge in [0.05, 0.1) is 5.56 Å². The van der Waals surface area contributed by atoms with E-state index in [1.54, 1.807) is 6.92 Å². The van der Waals surface area contributed by atoms with Gasteiger partial charge in [0.25, 0.3) is 5.91 Å². The average Bonchev–Trinajstić information content (AvgIpc) is 2.42. The highest BCUT2D eigenvalue weighted by molar-refractivity contribution is 6.05. The van der Waals surface area contributed by atoms with Crippen LogP contribution in [0.3, 0.4) is 0 Å². The Kier molecular flexibility index (Phi) is 3.79.